The fourth-order valence-corrected chi connectivity index (χ4v) is 1.10. The molecular weight excluding hydrogens is 176 g/mol. The van der Waals surface area contributed by atoms with Gasteiger partial charge in [0.2, 0.25) is 0 Å². The van der Waals surface area contributed by atoms with Crippen LogP contribution in [0.15, 0.2) is 36.0 Å². The maximum absolute atomic E-state index is 11.3. The zero-order chi connectivity index (χ0) is 10.4. The molecule has 14 heavy (non-hydrogen) atoms. The van der Waals surface area contributed by atoms with Gasteiger partial charge >= 0.3 is 0 Å². The van der Waals surface area contributed by atoms with Crippen LogP contribution < -0.4 is 10.6 Å². The molecule has 0 heterocycles. The molecule has 0 bridgehead atoms. The van der Waals surface area contributed by atoms with E-state index in [1.807, 2.05) is 30.3 Å². The highest BCUT2D eigenvalue weighted by atomic mass is 16.1. The van der Waals surface area contributed by atoms with Crippen LogP contribution in [0.2, 0.25) is 0 Å². The summed E-state index contributed by atoms with van der Waals surface area (Å²) in [5, 5.41) is 5.42. The standard InChI is InChI=1S/C11H14N2O/c1-12-10(11(14)13-2)8-9-6-4-3-5-7-9/h3-8,12H,1-2H3,(H,13,14)/b10-8-. The third-order valence-corrected chi connectivity index (χ3v) is 1.85. The Morgan fingerprint density at radius 1 is 1.14 bits per heavy atom. The van der Waals surface area contributed by atoms with Crippen LogP contribution in [0, 0.1) is 0 Å². The monoisotopic (exact) mass is 190 g/mol. The van der Waals surface area contributed by atoms with Gasteiger partial charge < -0.3 is 10.6 Å². The van der Waals surface area contributed by atoms with Crippen molar-refractivity contribution in [2.75, 3.05) is 14.1 Å². The Hall–Kier alpha value is -1.77. The Labute approximate surface area is 83.8 Å². The molecule has 0 aliphatic heterocycles. The Morgan fingerprint density at radius 2 is 1.79 bits per heavy atom. The summed E-state index contributed by atoms with van der Waals surface area (Å²) < 4.78 is 0. The van der Waals surface area contributed by atoms with Gasteiger partial charge in [0.25, 0.3) is 5.91 Å². The van der Waals surface area contributed by atoms with Crippen LogP contribution in [0.4, 0.5) is 0 Å². The lowest BCUT2D eigenvalue weighted by atomic mass is 10.2. The highest BCUT2D eigenvalue weighted by Gasteiger charge is 2.03. The van der Waals surface area contributed by atoms with Crippen LogP contribution in [0.5, 0.6) is 0 Å². The minimum Gasteiger partial charge on any atom is -0.384 e. The highest BCUT2D eigenvalue weighted by molar-refractivity contribution is 5.96. The summed E-state index contributed by atoms with van der Waals surface area (Å²) in [6.07, 6.45) is 1.80. The molecular formula is C11H14N2O. The Kier molecular flexibility index (Phi) is 3.73. The summed E-state index contributed by atoms with van der Waals surface area (Å²) in [6, 6.07) is 9.70. The second-order valence-corrected chi connectivity index (χ2v) is 2.80. The van der Waals surface area contributed by atoms with Crippen molar-refractivity contribution in [3.63, 3.8) is 0 Å². The first-order valence-corrected chi connectivity index (χ1v) is 4.44. The first-order chi connectivity index (χ1) is 6.77. The number of hydrogen-bond donors (Lipinski definition) is 2. The van der Waals surface area contributed by atoms with Crippen LogP contribution in [0.1, 0.15) is 5.56 Å². The van der Waals surface area contributed by atoms with E-state index in [0.717, 1.165) is 5.56 Å². The first kappa shape index (κ1) is 10.3. The quantitative estimate of drug-likeness (QED) is 0.698. The van der Waals surface area contributed by atoms with Crippen molar-refractivity contribution in [1.82, 2.24) is 10.6 Å². The minimum atomic E-state index is -0.114. The smallest absolute Gasteiger partial charge is 0.267 e. The number of carbonyl (C=O) groups excluding carboxylic acids is 1. The Morgan fingerprint density at radius 3 is 2.29 bits per heavy atom. The van der Waals surface area contributed by atoms with Gasteiger partial charge in [-0.15, -0.1) is 0 Å². The fourth-order valence-electron chi connectivity index (χ4n) is 1.10. The average molecular weight is 190 g/mol. The lowest BCUT2D eigenvalue weighted by Gasteiger charge is -2.04. The van der Waals surface area contributed by atoms with E-state index in [1.165, 1.54) is 0 Å². The van der Waals surface area contributed by atoms with E-state index >= 15 is 0 Å². The summed E-state index contributed by atoms with van der Waals surface area (Å²) in [4.78, 5) is 11.3. The molecule has 1 rings (SSSR count). The van der Waals surface area contributed by atoms with Gasteiger partial charge in [0.15, 0.2) is 0 Å². The fraction of sp³-hybridized carbons (Fsp3) is 0.182. The molecule has 0 spiro atoms. The van der Waals surface area contributed by atoms with Crippen molar-refractivity contribution >= 4 is 12.0 Å². The lowest BCUT2D eigenvalue weighted by molar-refractivity contribution is -0.117. The molecule has 1 amide bonds. The topological polar surface area (TPSA) is 41.1 Å². The molecule has 1 aromatic carbocycles. The Bertz CT molecular complexity index is 330. The van der Waals surface area contributed by atoms with Gasteiger partial charge in [0.05, 0.1) is 0 Å². The molecule has 0 radical (unpaired) electrons. The molecule has 3 nitrogen and oxygen atoms in total. The van der Waals surface area contributed by atoms with E-state index in [0.29, 0.717) is 5.70 Å². The van der Waals surface area contributed by atoms with Crippen molar-refractivity contribution in [3.8, 4) is 0 Å². The molecule has 1 aromatic rings. The maximum atomic E-state index is 11.3. The first-order valence-electron chi connectivity index (χ1n) is 4.44. The molecule has 0 aromatic heterocycles. The number of nitrogens with one attached hydrogen (secondary N) is 2. The molecule has 0 unspecified atom stereocenters. The number of benzene rings is 1. The molecule has 0 saturated carbocycles. The summed E-state index contributed by atoms with van der Waals surface area (Å²) in [6.45, 7) is 0. The molecule has 3 heteroatoms. The molecule has 0 aliphatic rings. The summed E-state index contributed by atoms with van der Waals surface area (Å²) in [5.74, 6) is -0.114. The van der Waals surface area contributed by atoms with Crippen LogP contribution in [-0.2, 0) is 4.79 Å². The second-order valence-electron chi connectivity index (χ2n) is 2.80. The van der Waals surface area contributed by atoms with Crippen molar-refractivity contribution in [2.24, 2.45) is 0 Å². The largest absolute Gasteiger partial charge is 0.384 e. The van der Waals surface area contributed by atoms with Crippen LogP contribution in [0.25, 0.3) is 6.08 Å². The van der Waals surface area contributed by atoms with Gasteiger partial charge in [-0.2, -0.15) is 0 Å². The van der Waals surface area contributed by atoms with E-state index < -0.39 is 0 Å². The summed E-state index contributed by atoms with van der Waals surface area (Å²) >= 11 is 0. The average Bonchev–Trinajstić information content (AvgIpc) is 2.26. The molecule has 74 valence electrons. The van der Waals surface area contributed by atoms with Gasteiger partial charge in [-0.1, -0.05) is 30.3 Å². The second kappa shape index (κ2) is 5.07. The van der Waals surface area contributed by atoms with E-state index in [9.17, 15) is 4.79 Å². The maximum Gasteiger partial charge on any atom is 0.267 e. The van der Waals surface area contributed by atoms with Crippen LogP contribution in [-0.4, -0.2) is 20.0 Å². The van der Waals surface area contributed by atoms with Gasteiger partial charge in [0, 0.05) is 14.1 Å². The van der Waals surface area contributed by atoms with Crippen LogP contribution in [0.3, 0.4) is 0 Å². The Balaban J connectivity index is 2.89. The van der Waals surface area contributed by atoms with Gasteiger partial charge in [-0.3, -0.25) is 4.79 Å². The van der Waals surface area contributed by atoms with Gasteiger partial charge in [0.1, 0.15) is 5.70 Å². The predicted molar refractivity (Wildman–Crippen MR) is 57.5 cm³/mol. The number of carbonyl (C=O) groups is 1. The summed E-state index contributed by atoms with van der Waals surface area (Å²) in [7, 11) is 3.34. The normalized spacial score (nSPS) is 10.9. The highest BCUT2D eigenvalue weighted by Crippen LogP contribution is 2.04. The van der Waals surface area contributed by atoms with E-state index in [1.54, 1.807) is 20.2 Å². The third-order valence-electron chi connectivity index (χ3n) is 1.85. The molecule has 2 N–H and O–H groups in total. The van der Waals surface area contributed by atoms with Gasteiger partial charge in [-0.05, 0) is 11.6 Å². The predicted octanol–water partition coefficient (Wildman–Crippen LogP) is 0.993. The van der Waals surface area contributed by atoms with Crippen molar-refractivity contribution < 1.29 is 4.79 Å². The van der Waals surface area contributed by atoms with Gasteiger partial charge in [-0.25, -0.2) is 0 Å². The minimum absolute atomic E-state index is 0.114. The number of likely N-dealkylation sites (N-methyl/N-ethyl adjacent to an activating group) is 2. The van der Waals surface area contributed by atoms with Crippen molar-refractivity contribution in [1.29, 1.82) is 0 Å². The third kappa shape index (κ3) is 2.62. The number of rotatable bonds is 3. The number of amides is 1. The molecule has 0 atom stereocenters. The van der Waals surface area contributed by atoms with Crippen molar-refractivity contribution in [2.45, 2.75) is 0 Å². The zero-order valence-electron chi connectivity index (χ0n) is 8.37. The van der Waals surface area contributed by atoms with E-state index in [-0.39, 0.29) is 5.91 Å². The lowest BCUT2D eigenvalue weighted by Crippen LogP contribution is -2.26. The summed E-state index contributed by atoms with van der Waals surface area (Å²) in [5.41, 5.74) is 1.55. The molecule has 0 fully saturated rings. The zero-order valence-corrected chi connectivity index (χ0v) is 8.37. The van der Waals surface area contributed by atoms with Crippen molar-refractivity contribution in [3.05, 3.63) is 41.6 Å². The molecule has 0 saturated heterocycles. The van der Waals surface area contributed by atoms with E-state index in [4.69, 9.17) is 0 Å². The van der Waals surface area contributed by atoms with Crippen LogP contribution >= 0.6 is 0 Å². The number of hydrogen-bond acceptors (Lipinski definition) is 2. The SMILES string of the molecule is CNC(=O)/C(=C/c1ccccc1)NC. The van der Waals surface area contributed by atoms with E-state index in [2.05, 4.69) is 10.6 Å². The molecule has 0 aliphatic carbocycles.